The maximum absolute atomic E-state index is 13.1. The second kappa shape index (κ2) is 7.15. The van der Waals surface area contributed by atoms with E-state index < -0.39 is 11.6 Å². The van der Waals surface area contributed by atoms with Gasteiger partial charge in [0.1, 0.15) is 0 Å². The molecule has 1 heterocycles. The quantitative estimate of drug-likeness (QED) is 0.862. The summed E-state index contributed by atoms with van der Waals surface area (Å²) in [4.78, 5) is 11.9. The van der Waals surface area contributed by atoms with E-state index in [9.17, 15) is 13.6 Å². The second-order valence-corrected chi connectivity index (χ2v) is 5.46. The molecule has 1 atom stereocenters. The minimum Gasteiger partial charge on any atom is -0.353 e. The summed E-state index contributed by atoms with van der Waals surface area (Å²) in [5, 5.41) is 9.85. The Labute approximate surface area is 127 Å². The zero-order valence-electron chi connectivity index (χ0n) is 12.6. The summed E-state index contributed by atoms with van der Waals surface area (Å²) in [6.45, 7) is 3.82. The maximum atomic E-state index is 13.1. The van der Waals surface area contributed by atoms with E-state index in [-0.39, 0.29) is 18.4 Å². The molecule has 0 aliphatic heterocycles. The van der Waals surface area contributed by atoms with Crippen LogP contribution in [0, 0.1) is 18.6 Å². The van der Waals surface area contributed by atoms with Gasteiger partial charge in [0.15, 0.2) is 11.6 Å². The number of amides is 1. The van der Waals surface area contributed by atoms with Crippen LogP contribution in [-0.4, -0.2) is 22.1 Å². The lowest BCUT2D eigenvalue weighted by Gasteiger charge is -2.12. The number of nitrogens with one attached hydrogen (secondary N) is 2. The van der Waals surface area contributed by atoms with E-state index >= 15 is 0 Å². The van der Waals surface area contributed by atoms with Gasteiger partial charge in [0.2, 0.25) is 5.91 Å². The van der Waals surface area contributed by atoms with Crippen molar-refractivity contribution in [2.24, 2.45) is 0 Å². The van der Waals surface area contributed by atoms with E-state index in [1.54, 1.807) is 0 Å². The number of carbonyl (C=O) groups excluding carboxylic acids is 1. The molecule has 1 unspecified atom stereocenters. The molecule has 1 aromatic carbocycles. The Kier molecular flexibility index (Phi) is 5.25. The van der Waals surface area contributed by atoms with Gasteiger partial charge in [-0.1, -0.05) is 6.07 Å². The Morgan fingerprint density at radius 1 is 1.32 bits per heavy atom. The van der Waals surface area contributed by atoms with Gasteiger partial charge in [-0.3, -0.25) is 9.89 Å². The number of rotatable bonds is 6. The summed E-state index contributed by atoms with van der Waals surface area (Å²) in [5.41, 5.74) is 2.47. The van der Waals surface area contributed by atoms with E-state index in [1.807, 2.05) is 19.9 Å². The number of aromatic nitrogens is 2. The highest BCUT2D eigenvalue weighted by Gasteiger charge is 2.11. The van der Waals surface area contributed by atoms with Crippen LogP contribution in [0.5, 0.6) is 0 Å². The molecule has 22 heavy (non-hydrogen) atoms. The van der Waals surface area contributed by atoms with Crippen molar-refractivity contribution in [3.05, 3.63) is 52.9 Å². The average Bonchev–Trinajstić information content (AvgIpc) is 2.85. The number of nitrogens with zero attached hydrogens (tertiary/aromatic N) is 1. The molecule has 1 aromatic heterocycles. The number of carbonyl (C=O) groups is 1. The van der Waals surface area contributed by atoms with Crippen LogP contribution in [0.2, 0.25) is 0 Å². The largest absolute Gasteiger partial charge is 0.353 e. The topological polar surface area (TPSA) is 57.8 Å². The van der Waals surface area contributed by atoms with Crippen LogP contribution in [0.1, 0.15) is 30.3 Å². The molecule has 2 N–H and O–H groups in total. The molecule has 1 amide bonds. The fourth-order valence-corrected chi connectivity index (χ4v) is 2.24. The van der Waals surface area contributed by atoms with Crippen LogP contribution < -0.4 is 5.32 Å². The van der Waals surface area contributed by atoms with Crippen LogP contribution in [-0.2, 0) is 17.6 Å². The molecule has 118 valence electrons. The number of aromatic amines is 1. The molecule has 0 fully saturated rings. The predicted molar refractivity (Wildman–Crippen MR) is 79.3 cm³/mol. The molecule has 0 saturated carbocycles. The first-order valence-electron chi connectivity index (χ1n) is 7.18. The van der Waals surface area contributed by atoms with Crippen LogP contribution >= 0.6 is 0 Å². The van der Waals surface area contributed by atoms with Gasteiger partial charge in [-0.05, 0) is 44.0 Å². The van der Waals surface area contributed by atoms with Gasteiger partial charge < -0.3 is 5.32 Å². The van der Waals surface area contributed by atoms with Gasteiger partial charge in [-0.2, -0.15) is 5.10 Å². The van der Waals surface area contributed by atoms with Crippen LogP contribution in [0.4, 0.5) is 8.78 Å². The molecule has 6 heteroatoms. The first-order chi connectivity index (χ1) is 10.4. The van der Waals surface area contributed by atoms with E-state index in [1.165, 1.54) is 6.07 Å². The van der Waals surface area contributed by atoms with E-state index in [0.717, 1.165) is 23.5 Å². The fraction of sp³-hybridized carbons (Fsp3) is 0.375. The maximum Gasteiger partial charge on any atom is 0.220 e. The summed E-state index contributed by atoms with van der Waals surface area (Å²) in [6.07, 6.45) is 1.24. The molecule has 2 aromatic rings. The van der Waals surface area contributed by atoms with Crippen LogP contribution in [0.25, 0.3) is 0 Å². The summed E-state index contributed by atoms with van der Waals surface area (Å²) < 4.78 is 25.9. The number of hydrogen-bond donors (Lipinski definition) is 2. The number of benzene rings is 1. The normalized spacial score (nSPS) is 12.2. The fourth-order valence-electron chi connectivity index (χ4n) is 2.24. The van der Waals surface area contributed by atoms with Crippen LogP contribution in [0.15, 0.2) is 24.3 Å². The van der Waals surface area contributed by atoms with Gasteiger partial charge in [0, 0.05) is 24.6 Å². The summed E-state index contributed by atoms with van der Waals surface area (Å²) in [6, 6.07) is 5.58. The molecular weight excluding hydrogens is 288 g/mol. The van der Waals surface area contributed by atoms with Gasteiger partial charge in [0.05, 0.1) is 5.69 Å². The zero-order chi connectivity index (χ0) is 16.1. The molecule has 0 radical (unpaired) electrons. The molecular formula is C16H19F2N3O. The molecule has 0 aliphatic rings. The summed E-state index contributed by atoms with van der Waals surface area (Å²) in [5.74, 6) is -1.89. The summed E-state index contributed by atoms with van der Waals surface area (Å²) >= 11 is 0. The number of halogens is 2. The first-order valence-corrected chi connectivity index (χ1v) is 7.18. The van der Waals surface area contributed by atoms with Crippen molar-refractivity contribution in [2.45, 2.75) is 39.2 Å². The molecule has 0 bridgehead atoms. The lowest BCUT2D eigenvalue weighted by atomic mass is 10.1. The van der Waals surface area contributed by atoms with Crippen molar-refractivity contribution in [3.8, 4) is 0 Å². The number of aryl methyl sites for hydroxylation is 2. The minimum absolute atomic E-state index is 0.0415. The third-order valence-electron chi connectivity index (χ3n) is 3.31. The number of hydrogen-bond acceptors (Lipinski definition) is 2. The molecule has 0 aliphatic carbocycles. The van der Waals surface area contributed by atoms with E-state index in [4.69, 9.17) is 0 Å². The van der Waals surface area contributed by atoms with Crippen molar-refractivity contribution < 1.29 is 13.6 Å². The van der Waals surface area contributed by atoms with E-state index in [0.29, 0.717) is 18.4 Å². The summed E-state index contributed by atoms with van der Waals surface area (Å²) in [7, 11) is 0. The number of H-pyrrole nitrogens is 1. The van der Waals surface area contributed by atoms with Crippen LogP contribution in [0.3, 0.4) is 0 Å². The lowest BCUT2D eigenvalue weighted by Crippen LogP contribution is -2.34. The van der Waals surface area contributed by atoms with Gasteiger partial charge in [-0.15, -0.1) is 0 Å². The highest BCUT2D eigenvalue weighted by atomic mass is 19.2. The minimum atomic E-state index is -0.889. The Morgan fingerprint density at radius 3 is 2.73 bits per heavy atom. The first kappa shape index (κ1) is 16.1. The van der Waals surface area contributed by atoms with Crippen molar-refractivity contribution in [3.63, 3.8) is 0 Å². The van der Waals surface area contributed by atoms with Crippen molar-refractivity contribution in [1.29, 1.82) is 0 Å². The second-order valence-electron chi connectivity index (χ2n) is 5.46. The molecule has 4 nitrogen and oxygen atoms in total. The monoisotopic (exact) mass is 307 g/mol. The van der Waals surface area contributed by atoms with Crippen molar-refractivity contribution in [1.82, 2.24) is 15.5 Å². The lowest BCUT2D eigenvalue weighted by molar-refractivity contribution is -0.121. The highest BCUT2D eigenvalue weighted by Crippen LogP contribution is 2.10. The zero-order valence-corrected chi connectivity index (χ0v) is 12.6. The molecule has 2 rings (SSSR count). The Bertz CT molecular complexity index is 655. The standard InChI is InChI=1S/C16H19F2N3O/c1-10(7-13-8-11(2)20-21-13)19-16(22)6-4-12-3-5-14(17)15(18)9-12/h3,5,8-10H,4,6-7H2,1-2H3,(H,19,22)(H,20,21). The predicted octanol–water partition coefficient (Wildman–Crippen LogP) is 2.68. The van der Waals surface area contributed by atoms with Gasteiger partial charge >= 0.3 is 0 Å². The van der Waals surface area contributed by atoms with Gasteiger partial charge in [-0.25, -0.2) is 8.78 Å². The van der Waals surface area contributed by atoms with Crippen molar-refractivity contribution >= 4 is 5.91 Å². The molecule has 0 saturated heterocycles. The van der Waals surface area contributed by atoms with E-state index in [2.05, 4.69) is 15.5 Å². The Balaban J connectivity index is 1.78. The third kappa shape index (κ3) is 4.65. The molecule has 0 spiro atoms. The Hall–Kier alpha value is -2.24. The SMILES string of the molecule is Cc1cc(CC(C)NC(=O)CCc2ccc(F)c(F)c2)n[nH]1. The van der Waals surface area contributed by atoms with Gasteiger partial charge in [0.25, 0.3) is 0 Å². The third-order valence-corrected chi connectivity index (χ3v) is 3.31. The smallest absolute Gasteiger partial charge is 0.220 e. The highest BCUT2D eigenvalue weighted by molar-refractivity contribution is 5.76. The Morgan fingerprint density at radius 2 is 2.09 bits per heavy atom. The average molecular weight is 307 g/mol. The van der Waals surface area contributed by atoms with Crippen molar-refractivity contribution in [2.75, 3.05) is 0 Å².